The van der Waals surface area contributed by atoms with Gasteiger partial charge in [0.2, 0.25) is 17.7 Å². The van der Waals surface area contributed by atoms with E-state index in [1.807, 2.05) is 20.8 Å². The number of ether oxygens (including phenoxy) is 5. The summed E-state index contributed by atoms with van der Waals surface area (Å²) in [7, 11) is 1.66. The van der Waals surface area contributed by atoms with Gasteiger partial charge in [0.15, 0.2) is 0 Å². The Morgan fingerprint density at radius 1 is 0.875 bits per heavy atom. The number of nitrogens with one attached hydrogen (secondary N) is 2. The monoisotopic (exact) mass is 676 g/mol. The van der Waals surface area contributed by atoms with Crippen molar-refractivity contribution in [2.45, 2.75) is 70.9 Å². The predicted molar refractivity (Wildman–Crippen MR) is 172 cm³/mol. The molecule has 6 amide bonds. The number of piperidine rings is 1. The molecule has 1 saturated heterocycles. The topological polar surface area (TPSA) is 179 Å². The second-order valence-corrected chi connectivity index (χ2v) is 12.4. The van der Waals surface area contributed by atoms with Crippen LogP contribution in [0.1, 0.15) is 80.0 Å². The van der Waals surface area contributed by atoms with Gasteiger partial charge in [0.05, 0.1) is 63.1 Å². The fourth-order valence-electron chi connectivity index (χ4n) is 4.89. The fourth-order valence-corrected chi connectivity index (χ4v) is 4.89. The van der Waals surface area contributed by atoms with Gasteiger partial charge in [0.25, 0.3) is 11.8 Å². The van der Waals surface area contributed by atoms with E-state index in [2.05, 4.69) is 10.6 Å². The zero-order chi connectivity index (χ0) is 35.1. The lowest BCUT2D eigenvalue weighted by molar-refractivity contribution is -0.136. The first-order valence-electron chi connectivity index (χ1n) is 16.3. The molecule has 15 heteroatoms. The number of nitrogens with zero attached hydrogens (tertiary/aromatic N) is 2. The maximum absolute atomic E-state index is 13.2. The van der Waals surface area contributed by atoms with Crippen molar-refractivity contribution in [3.05, 3.63) is 29.3 Å². The number of imide groups is 2. The number of hydrogen-bond donors (Lipinski definition) is 2. The number of carbonyl (C=O) groups excluding carboxylic acids is 6. The molecule has 1 unspecified atom stereocenters. The first kappa shape index (κ1) is 38.5. The van der Waals surface area contributed by atoms with Crippen molar-refractivity contribution in [1.29, 1.82) is 0 Å². The summed E-state index contributed by atoms with van der Waals surface area (Å²) in [5, 5.41) is 4.89. The molecule has 2 aliphatic rings. The van der Waals surface area contributed by atoms with Gasteiger partial charge in [-0.05, 0) is 52.2 Å². The molecule has 0 aliphatic carbocycles. The van der Waals surface area contributed by atoms with Crippen molar-refractivity contribution in [3.8, 4) is 0 Å². The molecule has 15 nitrogen and oxygen atoms in total. The van der Waals surface area contributed by atoms with E-state index >= 15 is 0 Å². The quantitative estimate of drug-likeness (QED) is 0.153. The van der Waals surface area contributed by atoms with Crippen molar-refractivity contribution >= 4 is 41.3 Å². The van der Waals surface area contributed by atoms with E-state index in [0.717, 1.165) is 17.7 Å². The van der Waals surface area contributed by atoms with E-state index in [1.54, 1.807) is 19.2 Å². The summed E-state index contributed by atoms with van der Waals surface area (Å²) in [4.78, 5) is 76.7. The second-order valence-electron chi connectivity index (χ2n) is 12.4. The molecule has 0 aromatic heterocycles. The molecular weight excluding hydrogens is 628 g/mol. The number of carbonyl (C=O) groups is 6. The van der Waals surface area contributed by atoms with Gasteiger partial charge < -0.3 is 33.9 Å². The zero-order valence-corrected chi connectivity index (χ0v) is 28.3. The zero-order valence-electron chi connectivity index (χ0n) is 28.3. The van der Waals surface area contributed by atoms with E-state index in [1.165, 1.54) is 11.0 Å². The molecule has 0 spiro atoms. The molecule has 2 aliphatic heterocycles. The number of hydrogen-bond acceptors (Lipinski definition) is 11. The Bertz CT molecular complexity index is 1300. The van der Waals surface area contributed by atoms with E-state index in [0.29, 0.717) is 65.8 Å². The summed E-state index contributed by atoms with van der Waals surface area (Å²) in [5.74, 6) is -2.72. The lowest BCUT2D eigenvalue weighted by Gasteiger charge is -2.27. The molecular formula is C33H48N4O11. The summed E-state index contributed by atoms with van der Waals surface area (Å²) >= 11 is 0. The number of unbranched alkanes of at least 4 members (excludes halogenated alkanes) is 2. The fraction of sp³-hybridized carbons (Fsp3) is 0.636. The van der Waals surface area contributed by atoms with E-state index in [-0.39, 0.29) is 48.1 Å². The highest BCUT2D eigenvalue weighted by Crippen LogP contribution is 2.32. The number of benzene rings is 1. The van der Waals surface area contributed by atoms with Gasteiger partial charge in [-0.3, -0.25) is 34.2 Å². The number of amides is 6. The summed E-state index contributed by atoms with van der Waals surface area (Å²) in [6.45, 7) is 9.35. The normalized spacial score (nSPS) is 16.2. The summed E-state index contributed by atoms with van der Waals surface area (Å²) in [5.41, 5.74) is -0.158. The Morgan fingerprint density at radius 2 is 1.50 bits per heavy atom. The van der Waals surface area contributed by atoms with Crippen LogP contribution in [-0.4, -0.2) is 124 Å². The molecule has 266 valence electrons. The number of likely N-dealkylation sites (N-methyl/N-ethyl adjacent to an activating group) is 1. The lowest BCUT2D eigenvalue weighted by atomic mass is 10.0. The minimum absolute atomic E-state index is 0.0281. The predicted octanol–water partition coefficient (Wildman–Crippen LogP) is 2.52. The van der Waals surface area contributed by atoms with Crippen LogP contribution in [0.4, 0.5) is 10.5 Å². The van der Waals surface area contributed by atoms with Crippen LogP contribution in [0.3, 0.4) is 0 Å². The van der Waals surface area contributed by atoms with Crippen LogP contribution >= 0.6 is 0 Å². The average molecular weight is 677 g/mol. The molecule has 0 saturated carbocycles. The van der Waals surface area contributed by atoms with Gasteiger partial charge in [-0.1, -0.05) is 12.5 Å². The third kappa shape index (κ3) is 12.3. The van der Waals surface area contributed by atoms with Gasteiger partial charge in [0.1, 0.15) is 11.6 Å². The van der Waals surface area contributed by atoms with Crippen LogP contribution in [0.25, 0.3) is 0 Å². The van der Waals surface area contributed by atoms with Gasteiger partial charge in [0, 0.05) is 33.0 Å². The van der Waals surface area contributed by atoms with Crippen molar-refractivity contribution in [2.75, 3.05) is 71.8 Å². The highest BCUT2D eigenvalue weighted by Gasteiger charge is 2.45. The average Bonchev–Trinajstić information content (AvgIpc) is 3.27. The molecule has 2 N–H and O–H groups in total. The summed E-state index contributed by atoms with van der Waals surface area (Å²) < 4.78 is 27.3. The standard InChI is InChI=1S/C33H48N4O11/c1-33(2,3)48-32(43)36(4)14-16-45-18-20-47-22-21-46-19-17-44-15-7-5-6-11-26(38)34-24-10-8-9-23-28(24)31(42)37(30(23)41)25-12-13-27(39)35-29(25)40/h8-10,25H,5-7,11-22H2,1-4H3,(H,34,38)(H,35,39,40). The Kier molecular flexibility index (Phi) is 15.4. The van der Waals surface area contributed by atoms with Crippen LogP contribution in [0.2, 0.25) is 0 Å². The van der Waals surface area contributed by atoms with Crippen LogP contribution in [-0.2, 0) is 38.1 Å². The number of rotatable bonds is 20. The number of anilines is 1. The van der Waals surface area contributed by atoms with Gasteiger partial charge in [-0.2, -0.15) is 0 Å². The van der Waals surface area contributed by atoms with Gasteiger partial charge in [-0.25, -0.2) is 4.79 Å². The number of fused-ring (bicyclic) bond motifs is 1. The van der Waals surface area contributed by atoms with E-state index in [4.69, 9.17) is 23.7 Å². The lowest BCUT2D eigenvalue weighted by Crippen LogP contribution is -2.54. The third-order valence-electron chi connectivity index (χ3n) is 7.33. The van der Waals surface area contributed by atoms with Gasteiger partial charge >= 0.3 is 6.09 Å². The van der Waals surface area contributed by atoms with Crippen LogP contribution < -0.4 is 10.6 Å². The van der Waals surface area contributed by atoms with Crippen LogP contribution in [0.15, 0.2) is 18.2 Å². The molecule has 2 heterocycles. The highest BCUT2D eigenvalue weighted by atomic mass is 16.6. The Balaban J connectivity index is 1.17. The van der Waals surface area contributed by atoms with Crippen molar-refractivity contribution in [1.82, 2.24) is 15.1 Å². The summed E-state index contributed by atoms with van der Waals surface area (Å²) in [6, 6.07) is 3.52. The molecule has 1 aromatic carbocycles. The molecule has 0 bridgehead atoms. The molecule has 1 atom stereocenters. The molecule has 3 rings (SSSR count). The molecule has 48 heavy (non-hydrogen) atoms. The largest absolute Gasteiger partial charge is 0.444 e. The maximum atomic E-state index is 13.2. The Morgan fingerprint density at radius 3 is 2.12 bits per heavy atom. The van der Waals surface area contributed by atoms with E-state index < -0.39 is 35.3 Å². The molecule has 0 radical (unpaired) electrons. The van der Waals surface area contributed by atoms with E-state index in [9.17, 15) is 28.8 Å². The minimum Gasteiger partial charge on any atom is -0.444 e. The maximum Gasteiger partial charge on any atom is 0.410 e. The molecule has 1 fully saturated rings. The first-order chi connectivity index (χ1) is 22.9. The Labute approximate surface area is 280 Å². The highest BCUT2D eigenvalue weighted by molar-refractivity contribution is 6.26. The van der Waals surface area contributed by atoms with Crippen molar-refractivity contribution < 1.29 is 52.5 Å². The van der Waals surface area contributed by atoms with Crippen molar-refractivity contribution in [3.63, 3.8) is 0 Å². The third-order valence-corrected chi connectivity index (χ3v) is 7.33. The first-order valence-corrected chi connectivity index (χ1v) is 16.3. The Hall–Kier alpha value is -3.92. The summed E-state index contributed by atoms with van der Waals surface area (Å²) in [6.07, 6.45) is 2.05. The van der Waals surface area contributed by atoms with Gasteiger partial charge in [-0.15, -0.1) is 0 Å². The smallest absolute Gasteiger partial charge is 0.410 e. The molecule has 1 aromatic rings. The second kappa shape index (κ2) is 19.2. The SMILES string of the molecule is CN(CCOCCOCCOCCOCCCCCC(=O)Nc1cccc2c1C(=O)N(C1CCC(=O)NC1=O)C2=O)C(=O)OC(C)(C)C. The van der Waals surface area contributed by atoms with Crippen LogP contribution in [0.5, 0.6) is 0 Å². The van der Waals surface area contributed by atoms with Crippen LogP contribution in [0, 0.1) is 0 Å². The minimum atomic E-state index is -1.07. The van der Waals surface area contributed by atoms with Crippen molar-refractivity contribution in [2.24, 2.45) is 0 Å².